The molecule has 1 aromatic carbocycles. The number of rotatable bonds is 7. The summed E-state index contributed by atoms with van der Waals surface area (Å²) in [6.07, 6.45) is 7.29. The Hall–Kier alpha value is -3.53. The van der Waals surface area contributed by atoms with Gasteiger partial charge in [-0.05, 0) is 43.8 Å². The molecule has 160 valence electrons. The monoisotopic (exact) mass is 438 g/mol. The first kappa shape index (κ1) is 20.7. The van der Waals surface area contributed by atoms with E-state index in [4.69, 9.17) is 12.2 Å². The fourth-order valence-electron chi connectivity index (χ4n) is 3.27. The molecule has 0 unspecified atom stereocenters. The molecular formula is C21H23FN8S. The summed E-state index contributed by atoms with van der Waals surface area (Å²) in [6, 6.07) is 8.27. The third kappa shape index (κ3) is 5.15. The molecular weight excluding hydrogens is 415 g/mol. The van der Waals surface area contributed by atoms with Crippen molar-refractivity contribution in [2.75, 3.05) is 10.6 Å². The highest BCUT2D eigenvalue weighted by molar-refractivity contribution is 7.80. The summed E-state index contributed by atoms with van der Waals surface area (Å²) in [6.45, 7) is 6.08. The molecule has 8 nitrogen and oxygen atoms in total. The Bertz CT molecular complexity index is 1190. The molecule has 0 bridgehead atoms. The van der Waals surface area contributed by atoms with E-state index in [0.29, 0.717) is 24.0 Å². The number of benzene rings is 1. The Morgan fingerprint density at radius 3 is 2.74 bits per heavy atom. The van der Waals surface area contributed by atoms with Crippen LogP contribution >= 0.6 is 12.2 Å². The molecule has 4 aromatic rings. The summed E-state index contributed by atoms with van der Waals surface area (Å²) >= 11 is 5.38. The van der Waals surface area contributed by atoms with Crippen molar-refractivity contribution in [1.82, 2.24) is 29.3 Å². The molecule has 0 aliphatic heterocycles. The van der Waals surface area contributed by atoms with Gasteiger partial charge in [-0.2, -0.15) is 15.3 Å². The number of aryl methyl sites for hydroxylation is 1. The van der Waals surface area contributed by atoms with Crippen molar-refractivity contribution in [3.8, 4) is 0 Å². The molecule has 0 amide bonds. The van der Waals surface area contributed by atoms with E-state index in [-0.39, 0.29) is 5.82 Å². The van der Waals surface area contributed by atoms with Crippen LogP contribution in [0.1, 0.15) is 23.7 Å². The minimum Gasteiger partial charge on any atom is -0.330 e. The molecule has 0 saturated heterocycles. The predicted octanol–water partition coefficient (Wildman–Crippen LogP) is 3.65. The highest BCUT2D eigenvalue weighted by Crippen LogP contribution is 2.13. The van der Waals surface area contributed by atoms with Crippen LogP contribution < -0.4 is 10.6 Å². The quantitative estimate of drug-likeness (QED) is 0.429. The van der Waals surface area contributed by atoms with E-state index in [1.165, 1.54) is 12.1 Å². The van der Waals surface area contributed by atoms with Gasteiger partial charge in [0.1, 0.15) is 5.82 Å². The number of nitrogens with zero attached hydrogens (tertiary/aromatic N) is 6. The van der Waals surface area contributed by atoms with Gasteiger partial charge in [0.15, 0.2) is 10.9 Å². The van der Waals surface area contributed by atoms with Gasteiger partial charge in [0.25, 0.3) is 0 Å². The van der Waals surface area contributed by atoms with Crippen molar-refractivity contribution >= 4 is 28.8 Å². The van der Waals surface area contributed by atoms with E-state index in [1.807, 2.05) is 40.1 Å². The van der Waals surface area contributed by atoms with Crippen LogP contribution in [0.3, 0.4) is 0 Å². The molecule has 3 heterocycles. The van der Waals surface area contributed by atoms with Crippen LogP contribution in [-0.4, -0.2) is 34.5 Å². The van der Waals surface area contributed by atoms with E-state index in [2.05, 4.69) is 39.8 Å². The van der Waals surface area contributed by atoms with Crippen LogP contribution in [0.4, 0.5) is 15.9 Å². The Morgan fingerprint density at radius 1 is 1.10 bits per heavy atom. The molecule has 0 saturated carbocycles. The lowest BCUT2D eigenvalue weighted by Crippen LogP contribution is -2.19. The third-order valence-corrected chi connectivity index (χ3v) is 5.05. The zero-order valence-electron chi connectivity index (χ0n) is 17.3. The number of hydrogen-bond donors (Lipinski definition) is 2. The predicted molar refractivity (Wildman–Crippen MR) is 122 cm³/mol. The third-order valence-electron chi connectivity index (χ3n) is 4.84. The average molecular weight is 439 g/mol. The Kier molecular flexibility index (Phi) is 6.08. The lowest BCUT2D eigenvalue weighted by atomic mass is 10.2. The number of thiocarbonyl (C=S) groups is 1. The van der Waals surface area contributed by atoms with Crippen LogP contribution in [0, 0.1) is 12.7 Å². The second-order valence-corrected chi connectivity index (χ2v) is 7.51. The second-order valence-electron chi connectivity index (χ2n) is 7.11. The normalized spacial score (nSPS) is 10.9. The first-order valence-corrected chi connectivity index (χ1v) is 10.3. The van der Waals surface area contributed by atoms with Crippen molar-refractivity contribution in [3.05, 3.63) is 77.8 Å². The van der Waals surface area contributed by atoms with Gasteiger partial charge in [-0.1, -0.05) is 12.1 Å². The Balaban J connectivity index is 1.32. The number of hydrogen-bond acceptors (Lipinski definition) is 4. The lowest BCUT2D eigenvalue weighted by molar-refractivity contribution is 0.619. The molecule has 10 heteroatoms. The van der Waals surface area contributed by atoms with E-state index >= 15 is 0 Å². The number of aromatic nitrogens is 6. The SMILES string of the molecule is CCn1ncc(Cn2cc(NC(=S)Nc3ccn(Cc4cccc(F)c4)n3)cn2)c1C. The smallest absolute Gasteiger partial charge is 0.176 e. The minimum atomic E-state index is -0.261. The molecule has 0 radical (unpaired) electrons. The summed E-state index contributed by atoms with van der Waals surface area (Å²) in [5.41, 5.74) is 3.87. The van der Waals surface area contributed by atoms with Crippen molar-refractivity contribution in [2.45, 2.75) is 33.5 Å². The van der Waals surface area contributed by atoms with E-state index in [9.17, 15) is 4.39 Å². The van der Waals surface area contributed by atoms with E-state index < -0.39 is 0 Å². The Labute approximate surface area is 184 Å². The molecule has 3 aromatic heterocycles. The van der Waals surface area contributed by atoms with Crippen LogP contribution in [0.5, 0.6) is 0 Å². The van der Waals surface area contributed by atoms with Gasteiger partial charge in [-0.3, -0.25) is 14.0 Å². The highest BCUT2D eigenvalue weighted by Gasteiger charge is 2.08. The van der Waals surface area contributed by atoms with Gasteiger partial charge >= 0.3 is 0 Å². The van der Waals surface area contributed by atoms with Crippen molar-refractivity contribution in [3.63, 3.8) is 0 Å². The summed E-state index contributed by atoms with van der Waals surface area (Å²) in [7, 11) is 0. The number of anilines is 2. The van der Waals surface area contributed by atoms with Crippen molar-refractivity contribution < 1.29 is 4.39 Å². The van der Waals surface area contributed by atoms with E-state index in [1.54, 1.807) is 16.9 Å². The maximum atomic E-state index is 13.3. The second kappa shape index (κ2) is 9.09. The summed E-state index contributed by atoms with van der Waals surface area (Å²) in [5, 5.41) is 19.7. The standard InChI is InChI=1S/C21H23FN8S/c1-3-30-15(2)17(10-24-30)13-29-14-19(11-23-29)25-21(31)26-20-7-8-28(27-20)12-16-5-4-6-18(22)9-16/h4-11,14H,3,12-13H2,1-2H3,(H2,25,26,27,31). The molecule has 0 aliphatic carbocycles. The maximum absolute atomic E-state index is 13.3. The van der Waals surface area contributed by atoms with Gasteiger partial charge in [0.2, 0.25) is 0 Å². The van der Waals surface area contributed by atoms with Crippen molar-refractivity contribution in [2.24, 2.45) is 0 Å². The summed E-state index contributed by atoms with van der Waals surface area (Å²) in [4.78, 5) is 0. The van der Waals surface area contributed by atoms with Crippen molar-refractivity contribution in [1.29, 1.82) is 0 Å². The molecule has 0 spiro atoms. The van der Waals surface area contributed by atoms with Gasteiger partial charge in [0, 0.05) is 36.3 Å². The number of halogens is 1. The average Bonchev–Trinajstić information content (AvgIpc) is 3.44. The zero-order chi connectivity index (χ0) is 21.8. The van der Waals surface area contributed by atoms with E-state index in [0.717, 1.165) is 29.1 Å². The molecule has 2 N–H and O–H groups in total. The summed E-state index contributed by atoms with van der Waals surface area (Å²) in [5.74, 6) is 0.340. The first-order valence-electron chi connectivity index (χ1n) is 9.90. The fraction of sp³-hybridized carbons (Fsp3) is 0.238. The molecule has 0 aliphatic rings. The molecule has 4 rings (SSSR count). The van der Waals surface area contributed by atoms with Crippen LogP contribution in [0.15, 0.2) is 55.1 Å². The fourth-order valence-corrected chi connectivity index (χ4v) is 3.49. The van der Waals surface area contributed by atoms with Crippen LogP contribution in [0.25, 0.3) is 0 Å². The lowest BCUT2D eigenvalue weighted by Gasteiger charge is -2.06. The molecule has 0 atom stereocenters. The zero-order valence-corrected chi connectivity index (χ0v) is 18.1. The largest absolute Gasteiger partial charge is 0.330 e. The van der Waals surface area contributed by atoms with Crippen LogP contribution in [-0.2, 0) is 19.6 Å². The molecule has 31 heavy (non-hydrogen) atoms. The maximum Gasteiger partial charge on any atom is 0.176 e. The van der Waals surface area contributed by atoms with Crippen LogP contribution in [0.2, 0.25) is 0 Å². The van der Waals surface area contributed by atoms with Gasteiger partial charge in [0.05, 0.1) is 31.2 Å². The summed E-state index contributed by atoms with van der Waals surface area (Å²) < 4.78 is 18.9. The first-order chi connectivity index (χ1) is 15.0. The topological polar surface area (TPSA) is 77.5 Å². The van der Waals surface area contributed by atoms with Gasteiger partial charge in [-0.25, -0.2) is 4.39 Å². The van der Waals surface area contributed by atoms with Gasteiger partial charge in [-0.15, -0.1) is 0 Å². The Morgan fingerprint density at radius 2 is 1.97 bits per heavy atom. The highest BCUT2D eigenvalue weighted by atomic mass is 32.1. The minimum absolute atomic E-state index is 0.261. The van der Waals surface area contributed by atoms with Gasteiger partial charge < -0.3 is 10.6 Å². The molecule has 0 fully saturated rings. The number of nitrogens with one attached hydrogen (secondary N) is 2.